The molecule has 0 aliphatic carbocycles. The van der Waals surface area contributed by atoms with Crippen LogP contribution in [0.15, 0.2) is 5.11 Å². The predicted octanol–water partition coefficient (Wildman–Crippen LogP) is 2.55. The van der Waals surface area contributed by atoms with Crippen molar-refractivity contribution < 1.29 is 9.53 Å². The van der Waals surface area contributed by atoms with Crippen LogP contribution in [0.5, 0.6) is 0 Å². The Balaban J connectivity index is 4.25. The van der Waals surface area contributed by atoms with E-state index in [0.717, 1.165) is 0 Å². The summed E-state index contributed by atoms with van der Waals surface area (Å²) in [7, 11) is 1.62. The quantitative estimate of drug-likeness (QED) is 0.411. The first-order valence-electron chi connectivity index (χ1n) is 4.74. The van der Waals surface area contributed by atoms with Gasteiger partial charge < -0.3 is 9.64 Å². The van der Waals surface area contributed by atoms with Crippen LogP contribution in [-0.4, -0.2) is 36.2 Å². The lowest BCUT2D eigenvalue weighted by atomic mass is 10.2. The van der Waals surface area contributed by atoms with Crippen molar-refractivity contribution in [3.8, 4) is 0 Å². The van der Waals surface area contributed by atoms with Gasteiger partial charge in [0.15, 0.2) is 0 Å². The van der Waals surface area contributed by atoms with Crippen LogP contribution in [0.25, 0.3) is 10.4 Å². The van der Waals surface area contributed by atoms with E-state index < -0.39 is 11.7 Å². The maximum absolute atomic E-state index is 11.5. The van der Waals surface area contributed by atoms with E-state index in [-0.39, 0.29) is 12.6 Å². The van der Waals surface area contributed by atoms with Gasteiger partial charge in [0, 0.05) is 24.5 Å². The third-order valence-corrected chi connectivity index (χ3v) is 1.75. The van der Waals surface area contributed by atoms with Crippen LogP contribution >= 0.6 is 0 Å². The summed E-state index contributed by atoms with van der Waals surface area (Å²) in [6.07, 6.45) is -0.414. The van der Waals surface area contributed by atoms with Gasteiger partial charge in [-0.15, -0.1) is 0 Å². The largest absolute Gasteiger partial charge is 0.444 e. The maximum atomic E-state index is 11.5. The summed E-state index contributed by atoms with van der Waals surface area (Å²) in [4.78, 5) is 15.6. The predicted molar refractivity (Wildman–Crippen MR) is 57.5 cm³/mol. The Morgan fingerprint density at radius 1 is 1.60 bits per heavy atom. The van der Waals surface area contributed by atoms with Gasteiger partial charge >= 0.3 is 6.09 Å². The zero-order valence-corrected chi connectivity index (χ0v) is 9.89. The number of rotatable bonds is 3. The Bertz CT molecular complexity index is 266. The molecule has 0 heterocycles. The van der Waals surface area contributed by atoms with E-state index in [1.165, 1.54) is 4.90 Å². The third kappa shape index (κ3) is 5.80. The number of nitrogens with zero attached hydrogens (tertiary/aromatic N) is 4. The average molecular weight is 214 g/mol. The number of ether oxygens (including phenoxy) is 1. The first kappa shape index (κ1) is 13.6. The van der Waals surface area contributed by atoms with Crippen molar-refractivity contribution >= 4 is 6.09 Å². The third-order valence-electron chi connectivity index (χ3n) is 1.75. The molecule has 1 atom stereocenters. The molecule has 0 aromatic rings. The molecule has 0 saturated carbocycles. The summed E-state index contributed by atoms with van der Waals surface area (Å²) >= 11 is 0. The molecule has 0 aromatic carbocycles. The Labute approximate surface area is 89.8 Å². The van der Waals surface area contributed by atoms with Gasteiger partial charge in [-0.3, -0.25) is 0 Å². The zero-order valence-electron chi connectivity index (χ0n) is 9.89. The molecule has 0 radical (unpaired) electrons. The fourth-order valence-electron chi connectivity index (χ4n) is 0.791. The minimum absolute atomic E-state index is 0.171. The molecule has 86 valence electrons. The first-order chi connectivity index (χ1) is 6.78. The summed E-state index contributed by atoms with van der Waals surface area (Å²) in [5.74, 6) is 0. The molecule has 15 heavy (non-hydrogen) atoms. The molecule has 0 fully saturated rings. The molecule has 0 aliphatic heterocycles. The minimum Gasteiger partial charge on any atom is -0.444 e. The van der Waals surface area contributed by atoms with Crippen molar-refractivity contribution in [3.63, 3.8) is 0 Å². The number of amides is 1. The van der Waals surface area contributed by atoms with Crippen LogP contribution in [0.3, 0.4) is 0 Å². The van der Waals surface area contributed by atoms with E-state index in [2.05, 4.69) is 10.0 Å². The highest BCUT2D eigenvalue weighted by atomic mass is 16.6. The summed E-state index contributed by atoms with van der Waals surface area (Å²) < 4.78 is 5.15. The zero-order chi connectivity index (χ0) is 12.1. The summed E-state index contributed by atoms with van der Waals surface area (Å²) in [6, 6.07) is -0.171. The van der Waals surface area contributed by atoms with Crippen LogP contribution in [-0.2, 0) is 4.74 Å². The number of hydrogen-bond donors (Lipinski definition) is 0. The van der Waals surface area contributed by atoms with Crippen molar-refractivity contribution in [1.29, 1.82) is 0 Å². The molecule has 0 unspecified atom stereocenters. The minimum atomic E-state index is -0.510. The molecular weight excluding hydrogens is 196 g/mol. The van der Waals surface area contributed by atoms with E-state index >= 15 is 0 Å². The highest BCUT2D eigenvalue weighted by Gasteiger charge is 2.22. The molecule has 0 aromatic heterocycles. The first-order valence-corrected chi connectivity index (χ1v) is 4.74. The van der Waals surface area contributed by atoms with Crippen molar-refractivity contribution in [2.24, 2.45) is 5.11 Å². The fraction of sp³-hybridized carbons (Fsp3) is 0.889. The number of azide groups is 1. The molecule has 0 rings (SSSR count). The Morgan fingerprint density at radius 3 is 2.53 bits per heavy atom. The number of likely N-dealkylation sites (N-methyl/N-ethyl adjacent to an activating group) is 1. The molecule has 1 amide bonds. The maximum Gasteiger partial charge on any atom is 0.410 e. The van der Waals surface area contributed by atoms with E-state index in [1.807, 2.05) is 0 Å². The van der Waals surface area contributed by atoms with E-state index in [1.54, 1.807) is 34.7 Å². The Morgan fingerprint density at radius 2 is 2.13 bits per heavy atom. The standard InChI is InChI=1S/C9H18N4O2/c1-7(6-11-12-10)13(5)8(14)15-9(2,3)4/h7H,6H2,1-5H3/t7-/m0/s1. The lowest BCUT2D eigenvalue weighted by molar-refractivity contribution is 0.0242. The van der Waals surface area contributed by atoms with Crippen LogP contribution in [0.4, 0.5) is 4.79 Å². The Hall–Kier alpha value is -1.42. The van der Waals surface area contributed by atoms with E-state index in [9.17, 15) is 4.79 Å². The summed E-state index contributed by atoms with van der Waals surface area (Å²) in [6.45, 7) is 7.44. The normalized spacial score (nSPS) is 12.6. The SMILES string of the molecule is C[C@@H](CN=[N+]=[N-])N(C)C(=O)OC(C)(C)C. The fourth-order valence-corrected chi connectivity index (χ4v) is 0.791. The average Bonchev–Trinajstić information content (AvgIpc) is 2.10. The molecule has 0 N–H and O–H groups in total. The number of carbonyl (C=O) groups excluding carboxylic acids is 1. The molecule has 0 spiro atoms. The van der Waals surface area contributed by atoms with Crippen molar-refractivity contribution in [2.45, 2.75) is 39.3 Å². The van der Waals surface area contributed by atoms with Gasteiger partial charge in [0.25, 0.3) is 0 Å². The van der Waals surface area contributed by atoms with Gasteiger partial charge in [-0.2, -0.15) is 0 Å². The smallest absolute Gasteiger partial charge is 0.410 e. The molecular formula is C9H18N4O2. The van der Waals surface area contributed by atoms with Crippen LogP contribution < -0.4 is 0 Å². The van der Waals surface area contributed by atoms with Gasteiger partial charge in [0.05, 0.1) is 0 Å². The summed E-state index contributed by atoms with van der Waals surface area (Å²) in [5.41, 5.74) is 7.64. The monoisotopic (exact) mass is 214 g/mol. The van der Waals surface area contributed by atoms with Crippen molar-refractivity contribution in [1.82, 2.24) is 4.90 Å². The highest BCUT2D eigenvalue weighted by Crippen LogP contribution is 2.10. The molecule has 0 aliphatic rings. The lowest BCUT2D eigenvalue weighted by Crippen LogP contribution is -2.40. The van der Waals surface area contributed by atoms with Crippen LogP contribution in [0, 0.1) is 0 Å². The molecule has 6 heteroatoms. The van der Waals surface area contributed by atoms with Crippen molar-refractivity contribution in [2.75, 3.05) is 13.6 Å². The second-order valence-electron chi connectivity index (χ2n) is 4.35. The Kier molecular flexibility index (Phi) is 4.94. The molecule has 0 saturated heterocycles. The van der Waals surface area contributed by atoms with Gasteiger partial charge in [-0.05, 0) is 33.2 Å². The second kappa shape index (κ2) is 5.46. The number of carbonyl (C=O) groups is 1. The van der Waals surface area contributed by atoms with Gasteiger partial charge in [0.1, 0.15) is 5.60 Å². The molecule has 6 nitrogen and oxygen atoms in total. The van der Waals surface area contributed by atoms with Crippen molar-refractivity contribution in [3.05, 3.63) is 10.4 Å². The highest BCUT2D eigenvalue weighted by molar-refractivity contribution is 5.68. The van der Waals surface area contributed by atoms with Gasteiger partial charge in [-0.1, -0.05) is 5.11 Å². The number of hydrogen-bond acceptors (Lipinski definition) is 3. The lowest BCUT2D eigenvalue weighted by Gasteiger charge is -2.27. The van der Waals surface area contributed by atoms with Gasteiger partial charge in [-0.25, -0.2) is 4.79 Å². The van der Waals surface area contributed by atoms with Gasteiger partial charge in [0.2, 0.25) is 0 Å². The van der Waals surface area contributed by atoms with Crippen LogP contribution in [0.2, 0.25) is 0 Å². The van der Waals surface area contributed by atoms with E-state index in [4.69, 9.17) is 10.3 Å². The second-order valence-corrected chi connectivity index (χ2v) is 4.35. The topological polar surface area (TPSA) is 78.3 Å². The summed E-state index contributed by atoms with van der Waals surface area (Å²) in [5, 5.41) is 3.40. The van der Waals surface area contributed by atoms with E-state index in [0.29, 0.717) is 0 Å². The van der Waals surface area contributed by atoms with Crippen LogP contribution in [0.1, 0.15) is 27.7 Å². The molecule has 0 bridgehead atoms.